The number of sulfone groups is 1. The zero-order valence-corrected chi connectivity index (χ0v) is 8.28. The molecule has 0 amide bonds. The second kappa shape index (κ2) is 4.47. The van der Waals surface area contributed by atoms with Gasteiger partial charge in [0.05, 0.1) is 0 Å². The highest BCUT2D eigenvalue weighted by atomic mass is 35.5. The highest BCUT2D eigenvalue weighted by Crippen LogP contribution is 2.17. The lowest BCUT2D eigenvalue weighted by Gasteiger charge is -2.12. The summed E-state index contributed by atoms with van der Waals surface area (Å²) in [6.45, 7) is 0. The lowest BCUT2D eigenvalue weighted by Crippen LogP contribution is -2.27. The lowest BCUT2D eigenvalue weighted by atomic mass is 11.5. The first-order valence-electron chi connectivity index (χ1n) is 2.53. The molecular formula is C4H8Cl2O4S. The highest BCUT2D eigenvalue weighted by molar-refractivity contribution is 7.94. The van der Waals surface area contributed by atoms with Crippen molar-refractivity contribution >= 4 is 33.0 Å². The average molecular weight is 223 g/mol. The smallest absolute Gasteiger partial charge is 0.237 e. The van der Waals surface area contributed by atoms with E-state index in [0.29, 0.717) is 0 Å². The molecule has 0 aliphatic heterocycles. The standard InChI is InChI=1S/C4H8Cl2O4S/c1-9-3(5)11(7,8)4(6)10-2/h3-4H,1-2H3. The van der Waals surface area contributed by atoms with Gasteiger partial charge in [-0.3, -0.25) is 0 Å². The van der Waals surface area contributed by atoms with Crippen LogP contribution in [0.1, 0.15) is 0 Å². The van der Waals surface area contributed by atoms with Gasteiger partial charge in [0.1, 0.15) is 0 Å². The first-order chi connectivity index (χ1) is 4.96. The van der Waals surface area contributed by atoms with E-state index in [1.807, 2.05) is 0 Å². The number of rotatable bonds is 4. The zero-order chi connectivity index (χ0) is 9.07. The Labute approximate surface area is 75.3 Å². The van der Waals surface area contributed by atoms with Crippen molar-refractivity contribution in [1.82, 2.24) is 0 Å². The first kappa shape index (κ1) is 11.4. The van der Waals surface area contributed by atoms with Gasteiger partial charge >= 0.3 is 0 Å². The molecule has 0 fully saturated rings. The number of halogens is 2. The Morgan fingerprint density at radius 2 is 1.36 bits per heavy atom. The van der Waals surface area contributed by atoms with Gasteiger partial charge in [-0.15, -0.1) is 0 Å². The molecule has 0 aromatic heterocycles. The van der Waals surface area contributed by atoms with Crippen molar-refractivity contribution < 1.29 is 17.9 Å². The molecular weight excluding hydrogens is 215 g/mol. The van der Waals surface area contributed by atoms with Crippen LogP contribution >= 0.6 is 23.2 Å². The Kier molecular flexibility index (Phi) is 4.65. The maximum atomic E-state index is 11.0. The minimum Gasteiger partial charge on any atom is -0.352 e. The van der Waals surface area contributed by atoms with Crippen molar-refractivity contribution in [2.45, 2.75) is 9.79 Å². The summed E-state index contributed by atoms with van der Waals surface area (Å²) in [5.41, 5.74) is 0. The van der Waals surface area contributed by atoms with Crippen LogP contribution in [0.2, 0.25) is 0 Å². The van der Waals surface area contributed by atoms with Crippen LogP contribution in [0.15, 0.2) is 0 Å². The third-order valence-corrected chi connectivity index (χ3v) is 4.15. The molecule has 4 nitrogen and oxygen atoms in total. The van der Waals surface area contributed by atoms with E-state index >= 15 is 0 Å². The minimum absolute atomic E-state index is 1.16. The molecule has 0 radical (unpaired) electrons. The SMILES string of the molecule is COC(Cl)S(=O)(=O)C(Cl)OC. The number of methoxy groups -OCH3 is 2. The molecule has 7 heteroatoms. The molecule has 0 heterocycles. The molecule has 0 aliphatic carbocycles. The van der Waals surface area contributed by atoms with Crippen LogP contribution in [0.3, 0.4) is 0 Å². The van der Waals surface area contributed by atoms with E-state index in [2.05, 4.69) is 9.47 Å². The van der Waals surface area contributed by atoms with Gasteiger partial charge in [0.2, 0.25) is 19.6 Å². The minimum atomic E-state index is -3.75. The van der Waals surface area contributed by atoms with E-state index in [1.165, 1.54) is 0 Å². The van der Waals surface area contributed by atoms with Gasteiger partial charge in [-0.05, 0) is 0 Å². The molecule has 0 rings (SSSR count). The summed E-state index contributed by atoms with van der Waals surface area (Å²) in [6, 6.07) is 0. The molecule has 2 unspecified atom stereocenters. The summed E-state index contributed by atoms with van der Waals surface area (Å²) in [5.74, 6) is 0. The Balaban J connectivity index is 4.46. The fourth-order valence-electron chi connectivity index (χ4n) is 0.352. The van der Waals surface area contributed by atoms with Gasteiger partial charge in [0, 0.05) is 14.2 Å². The summed E-state index contributed by atoms with van der Waals surface area (Å²) in [4.78, 5) is -2.94. The number of hydrogen-bond acceptors (Lipinski definition) is 4. The maximum absolute atomic E-state index is 11.0. The number of ether oxygens (including phenoxy) is 2. The van der Waals surface area contributed by atoms with Crippen LogP contribution in [0.4, 0.5) is 0 Å². The van der Waals surface area contributed by atoms with Crippen molar-refractivity contribution in [3.05, 3.63) is 0 Å². The van der Waals surface area contributed by atoms with E-state index in [0.717, 1.165) is 14.2 Å². The maximum Gasteiger partial charge on any atom is 0.237 e. The Hall–Kier alpha value is 0.450. The second-order valence-corrected chi connectivity index (χ2v) is 4.95. The summed E-state index contributed by atoms with van der Waals surface area (Å²) < 4.78 is 30.7. The van der Waals surface area contributed by atoms with Crippen LogP contribution in [-0.2, 0) is 19.3 Å². The summed E-state index contributed by atoms with van der Waals surface area (Å²) in [6.07, 6.45) is 0. The molecule has 0 saturated carbocycles. The van der Waals surface area contributed by atoms with E-state index < -0.39 is 19.6 Å². The predicted octanol–water partition coefficient (Wildman–Crippen LogP) is 0.739. The first-order valence-corrected chi connectivity index (χ1v) is 5.01. The van der Waals surface area contributed by atoms with Gasteiger partial charge in [0.25, 0.3) is 0 Å². The van der Waals surface area contributed by atoms with Gasteiger partial charge in [0.15, 0.2) is 0 Å². The van der Waals surface area contributed by atoms with Crippen molar-refractivity contribution in [3.8, 4) is 0 Å². The molecule has 0 spiro atoms. The van der Waals surface area contributed by atoms with E-state index in [-0.39, 0.29) is 0 Å². The molecule has 0 aromatic rings. The van der Waals surface area contributed by atoms with Crippen molar-refractivity contribution in [1.29, 1.82) is 0 Å². The Bertz CT molecular complexity index is 186. The van der Waals surface area contributed by atoms with Gasteiger partial charge in [-0.25, -0.2) is 8.42 Å². The second-order valence-electron chi connectivity index (χ2n) is 1.61. The van der Waals surface area contributed by atoms with Gasteiger partial charge in [-0.2, -0.15) is 0 Å². The molecule has 68 valence electrons. The third kappa shape index (κ3) is 2.76. The van der Waals surface area contributed by atoms with Crippen molar-refractivity contribution in [3.63, 3.8) is 0 Å². The summed E-state index contributed by atoms with van der Waals surface area (Å²) in [7, 11) is -1.43. The molecule has 11 heavy (non-hydrogen) atoms. The normalized spacial score (nSPS) is 17.8. The molecule has 0 aromatic carbocycles. The van der Waals surface area contributed by atoms with Gasteiger partial charge in [-0.1, -0.05) is 23.2 Å². The van der Waals surface area contributed by atoms with Crippen LogP contribution < -0.4 is 0 Å². The zero-order valence-electron chi connectivity index (χ0n) is 5.95. The highest BCUT2D eigenvalue weighted by Gasteiger charge is 2.31. The quantitative estimate of drug-likeness (QED) is 0.659. The summed E-state index contributed by atoms with van der Waals surface area (Å²) in [5, 5.41) is 0. The molecule has 0 saturated heterocycles. The third-order valence-electron chi connectivity index (χ3n) is 0.887. The molecule has 2 atom stereocenters. The van der Waals surface area contributed by atoms with Crippen molar-refractivity contribution in [2.24, 2.45) is 0 Å². The average Bonchev–Trinajstić information content (AvgIpc) is 2.01. The number of alkyl halides is 2. The molecule has 0 N–H and O–H groups in total. The van der Waals surface area contributed by atoms with Crippen LogP contribution in [0, 0.1) is 0 Å². The number of hydrogen-bond donors (Lipinski definition) is 0. The van der Waals surface area contributed by atoms with Crippen molar-refractivity contribution in [2.75, 3.05) is 14.2 Å². The van der Waals surface area contributed by atoms with Crippen LogP contribution in [-0.4, -0.2) is 32.4 Å². The fourth-order valence-corrected chi connectivity index (χ4v) is 1.78. The van der Waals surface area contributed by atoms with Crippen LogP contribution in [0.25, 0.3) is 0 Å². The van der Waals surface area contributed by atoms with E-state index in [1.54, 1.807) is 0 Å². The molecule has 0 aliphatic rings. The Morgan fingerprint density at radius 1 is 1.09 bits per heavy atom. The van der Waals surface area contributed by atoms with E-state index in [4.69, 9.17) is 23.2 Å². The monoisotopic (exact) mass is 222 g/mol. The topological polar surface area (TPSA) is 52.6 Å². The van der Waals surface area contributed by atoms with Gasteiger partial charge < -0.3 is 9.47 Å². The van der Waals surface area contributed by atoms with Crippen LogP contribution in [0.5, 0.6) is 0 Å². The largest absolute Gasteiger partial charge is 0.352 e. The summed E-state index contributed by atoms with van der Waals surface area (Å²) >= 11 is 10.5. The van der Waals surface area contributed by atoms with E-state index in [9.17, 15) is 8.42 Å². The molecule has 0 bridgehead atoms. The fraction of sp³-hybridized carbons (Fsp3) is 1.00. The lowest BCUT2D eigenvalue weighted by molar-refractivity contribution is 0.194. The predicted molar refractivity (Wildman–Crippen MR) is 42.2 cm³/mol. The Morgan fingerprint density at radius 3 is 1.55 bits per heavy atom.